The second kappa shape index (κ2) is 9.91. The molecule has 3 aromatic rings. The molecule has 1 fully saturated rings. The standard InChI is InChI=1S/C19H24N5O10P/c1-31-15-9(3-4-10(25)16(15)32-2)5-20-17-12-18(22-7-21-17)24(8-23-12)19-14(27)13(26)11(34-19)6-33-35(28,29)30/h3-4,7-8,11,13-14,19,25-27H,5-6H2,1-2H3,(H,20,21,22)(H2,28,29,30)/t11-,13-,14-,19-/m1/s1. The van der Waals surface area contributed by atoms with Crippen LogP contribution >= 0.6 is 7.82 Å². The molecule has 190 valence electrons. The Balaban J connectivity index is 1.56. The van der Waals surface area contributed by atoms with E-state index in [0.717, 1.165) is 0 Å². The van der Waals surface area contributed by atoms with E-state index >= 15 is 0 Å². The molecule has 0 unspecified atom stereocenters. The number of aromatic hydroxyl groups is 1. The van der Waals surface area contributed by atoms with Gasteiger partial charge in [-0.05, 0) is 12.1 Å². The van der Waals surface area contributed by atoms with Gasteiger partial charge in [-0.15, -0.1) is 0 Å². The van der Waals surface area contributed by atoms with Crippen molar-refractivity contribution in [1.82, 2.24) is 19.5 Å². The van der Waals surface area contributed by atoms with Crippen molar-refractivity contribution in [2.75, 3.05) is 26.1 Å². The first-order valence-corrected chi connectivity index (χ1v) is 11.7. The molecular weight excluding hydrogens is 489 g/mol. The molecule has 2 aromatic heterocycles. The number of rotatable bonds is 9. The Bertz CT molecular complexity index is 1250. The van der Waals surface area contributed by atoms with Gasteiger partial charge in [-0.3, -0.25) is 9.09 Å². The van der Waals surface area contributed by atoms with E-state index in [0.29, 0.717) is 22.6 Å². The molecule has 0 amide bonds. The van der Waals surface area contributed by atoms with Crippen LogP contribution < -0.4 is 14.8 Å². The zero-order valence-electron chi connectivity index (χ0n) is 18.5. The lowest BCUT2D eigenvalue weighted by molar-refractivity contribution is -0.0504. The maximum atomic E-state index is 11.0. The molecule has 4 rings (SSSR count). The highest BCUT2D eigenvalue weighted by atomic mass is 31.2. The summed E-state index contributed by atoms with van der Waals surface area (Å²) in [5, 5.41) is 33.8. The summed E-state index contributed by atoms with van der Waals surface area (Å²) in [6, 6.07) is 3.13. The first-order chi connectivity index (χ1) is 16.6. The molecule has 1 aliphatic rings. The molecule has 0 aliphatic carbocycles. The number of imidazole rings is 1. The number of benzene rings is 1. The molecule has 0 spiro atoms. The predicted octanol–water partition coefficient (Wildman–Crippen LogP) is -0.110. The lowest BCUT2D eigenvalue weighted by atomic mass is 10.1. The summed E-state index contributed by atoms with van der Waals surface area (Å²) in [6.45, 7) is -0.410. The number of fused-ring (bicyclic) bond motifs is 1. The number of anilines is 1. The number of phosphoric acid groups is 1. The first kappa shape index (κ1) is 25.1. The number of phosphoric ester groups is 1. The van der Waals surface area contributed by atoms with Crippen LogP contribution in [0.2, 0.25) is 0 Å². The van der Waals surface area contributed by atoms with Crippen LogP contribution in [0.15, 0.2) is 24.8 Å². The van der Waals surface area contributed by atoms with E-state index in [1.165, 1.54) is 37.5 Å². The van der Waals surface area contributed by atoms with Gasteiger partial charge in [0.25, 0.3) is 0 Å². The molecule has 4 atom stereocenters. The van der Waals surface area contributed by atoms with Crippen LogP contribution in [-0.2, 0) is 20.4 Å². The minimum atomic E-state index is -4.79. The van der Waals surface area contributed by atoms with E-state index in [4.69, 9.17) is 24.0 Å². The van der Waals surface area contributed by atoms with Gasteiger partial charge in [0.2, 0.25) is 5.75 Å². The van der Waals surface area contributed by atoms with Crippen molar-refractivity contribution in [3.63, 3.8) is 0 Å². The Morgan fingerprint density at radius 2 is 1.86 bits per heavy atom. The normalized spacial score (nSPS) is 22.5. The first-order valence-electron chi connectivity index (χ1n) is 10.2. The summed E-state index contributed by atoms with van der Waals surface area (Å²) in [5.41, 5.74) is 1.27. The second-order valence-corrected chi connectivity index (χ2v) is 8.78. The van der Waals surface area contributed by atoms with Crippen molar-refractivity contribution in [2.24, 2.45) is 0 Å². The number of ether oxygens (including phenoxy) is 3. The highest BCUT2D eigenvalue weighted by Gasteiger charge is 2.45. The fourth-order valence-corrected chi connectivity index (χ4v) is 4.11. The van der Waals surface area contributed by atoms with Gasteiger partial charge >= 0.3 is 7.82 Å². The van der Waals surface area contributed by atoms with Gasteiger partial charge in [0.05, 0.1) is 27.2 Å². The fraction of sp³-hybridized carbons (Fsp3) is 0.421. The zero-order chi connectivity index (χ0) is 25.3. The lowest BCUT2D eigenvalue weighted by Gasteiger charge is -2.17. The second-order valence-electron chi connectivity index (χ2n) is 7.54. The largest absolute Gasteiger partial charge is 0.504 e. The van der Waals surface area contributed by atoms with E-state index in [9.17, 15) is 19.9 Å². The molecule has 0 bridgehead atoms. The van der Waals surface area contributed by atoms with Crippen LogP contribution in [0.3, 0.4) is 0 Å². The molecule has 0 saturated carbocycles. The fourth-order valence-electron chi connectivity index (χ4n) is 3.77. The van der Waals surface area contributed by atoms with Gasteiger partial charge in [0.1, 0.15) is 24.6 Å². The number of hydrogen-bond acceptors (Lipinski definition) is 12. The van der Waals surface area contributed by atoms with Gasteiger partial charge in [-0.25, -0.2) is 19.5 Å². The molecule has 0 radical (unpaired) electrons. The molecule has 1 saturated heterocycles. The van der Waals surface area contributed by atoms with Crippen molar-refractivity contribution in [3.05, 3.63) is 30.4 Å². The molecule has 1 aliphatic heterocycles. The van der Waals surface area contributed by atoms with Gasteiger partial charge < -0.3 is 44.6 Å². The van der Waals surface area contributed by atoms with Crippen molar-refractivity contribution in [2.45, 2.75) is 31.1 Å². The number of methoxy groups -OCH3 is 2. The van der Waals surface area contributed by atoms with Crippen LogP contribution in [0.4, 0.5) is 5.82 Å². The average Bonchev–Trinajstić information content (AvgIpc) is 3.37. The number of hydrogen-bond donors (Lipinski definition) is 6. The topological polar surface area (TPSA) is 211 Å². The van der Waals surface area contributed by atoms with E-state index in [-0.39, 0.29) is 23.7 Å². The third-order valence-electron chi connectivity index (χ3n) is 5.40. The summed E-state index contributed by atoms with van der Waals surface area (Å²) in [6.07, 6.45) is -2.66. The molecule has 1 aromatic carbocycles. The number of aromatic nitrogens is 4. The van der Waals surface area contributed by atoms with E-state index in [1.54, 1.807) is 6.07 Å². The third-order valence-corrected chi connectivity index (χ3v) is 5.89. The van der Waals surface area contributed by atoms with E-state index in [2.05, 4.69) is 24.8 Å². The summed E-state index contributed by atoms with van der Waals surface area (Å²) < 4.78 is 32.9. The minimum Gasteiger partial charge on any atom is -0.504 e. The maximum Gasteiger partial charge on any atom is 0.469 e. The van der Waals surface area contributed by atoms with Crippen LogP contribution in [0, 0.1) is 0 Å². The Hall–Kier alpha value is -3.04. The molecule has 3 heterocycles. The number of nitrogens with zero attached hydrogens (tertiary/aromatic N) is 4. The lowest BCUT2D eigenvalue weighted by Crippen LogP contribution is -2.33. The Morgan fingerprint density at radius 3 is 2.54 bits per heavy atom. The Kier molecular flexibility index (Phi) is 7.10. The molecular formula is C19H24N5O10P. The van der Waals surface area contributed by atoms with Crippen LogP contribution in [0.5, 0.6) is 17.2 Å². The number of aliphatic hydroxyl groups excluding tert-OH is 2. The van der Waals surface area contributed by atoms with Gasteiger partial charge in [-0.2, -0.15) is 0 Å². The van der Waals surface area contributed by atoms with Crippen molar-refractivity contribution < 1.29 is 48.4 Å². The zero-order valence-corrected chi connectivity index (χ0v) is 19.4. The van der Waals surface area contributed by atoms with Gasteiger partial charge in [0, 0.05) is 12.1 Å². The number of aliphatic hydroxyl groups is 2. The Labute approximate surface area is 198 Å². The summed E-state index contributed by atoms with van der Waals surface area (Å²) in [7, 11) is -1.93. The minimum absolute atomic E-state index is 0.0712. The molecule has 16 heteroatoms. The van der Waals surface area contributed by atoms with Gasteiger partial charge in [-0.1, -0.05) is 0 Å². The van der Waals surface area contributed by atoms with E-state index < -0.39 is 39.0 Å². The van der Waals surface area contributed by atoms with E-state index in [1.807, 2.05) is 0 Å². The number of nitrogens with one attached hydrogen (secondary N) is 1. The molecule has 6 N–H and O–H groups in total. The molecule has 15 nitrogen and oxygen atoms in total. The van der Waals surface area contributed by atoms with Crippen molar-refractivity contribution in [1.29, 1.82) is 0 Å². The highest BCUT2D eigenvalue weighted by molar-refractivity contribution is 7.46. The van der Waals surface area contributed by atoms with Crippen LogP contribution in [0.25, 0.3) is 11.2 Å². The van der Waals surface area contributed by atoms with Crippen molar-refractivity contribution >= 4 is 24.8 Å². The Morgan fingerprint density at radius 1 is 1.11 bits per heavy atom. The summed E-state index contributed by atoms with van der Waals surface area (Å²) >= 11 is 0. The number of phenolic OH excluding ortho intramolecular Hbond substituents is 1. The monoisotopic (exact) mass is 513 g/mol. The van der Waals surface area contributed by atoms with Crippen LogP contribution in [-0.4, -0.2) is 83.8 Å². The third kappa shape index (κ3) is 5.01. The SMILES string of the molecule is COc1c(O)ccc(CNc2ncnc3c2ncn3[C@@H]2O[C@H](COP(=O)(O)O)[C@@H](O)[C@H]2O)c1OC. The quantitative estimate of drug-likeness (QED) is 0.206. The maximum absolute atomic E-state index is 11.0. The van der Waals surface area contributed by atoms with Gasteiger partial charge in [0.15, 0.2) is 34.7 Å². The average molecular weight is 513 g/mol. The molecule has 35 heavy (non-hydrogen) atoms. The smallest absolute Gasteiger partial charge is 0.469 e. The predicted molar refractivity (Wildman–Crippen MR) is 118 cm³/mol. The summed E-state index contributed by atoms with van der Waals surface area (Å²) in [5.74, 6) is 0.804. The summed E-state index contributed by atoms with van der Waals surface area (Å²) in [4.78, 5) is 30.4. The van der Waals surface area contributed by atoms with Crippen molar-refractivity contribution in [3.8, 4) is 17.2 Å². The highest BCUT2D eigenvalue weighted by Crippen LogP contribution is 2.40. The van der Waals surface area contributed by atoms with Crippen LogP contribution in [0.1, 0.15) is 11.8 Å². The number of phenols is 1.